The Morgan fingerprint density at radius 2 is 1.79 bits per heavy atom. The number of rotatable bonds is 7. The Morgan fingerprint density at radius 3 is 2.46 bits per heavy atom. The number of nitrogens with one attached hydrogen (secondary N) is 1. The van der Waals surface area contributed by atoms with Gasteiger partial charge in [-0.3, -0.25) is 4.79 Å². The van der Waals surface area contributed by atoms with Crippen molar-refractivity contribution in [2.75, 3.05) is 5.32 Å². The molecule has 0 aromatic heterocycles. The van der Waals surface area contributed by atoms with Gasteiger partial charge in [0.25, 0.3) is 5.91 Å². The number of aryl methyl sites for hydroxylation is 1. The summed E-state index contributed by atoms with van der Waals surface area (Å²) in [7, 11) is 0. The molecule has 0 saturated heterocycles. The van der Waals surface area contributed by atoms with E-state index in [0.717, 1.165) is 17.0 Å². The van der Waals surface area contributed by atoms with E-state index in [0.29, 0.717) is 10.8 Å². The first kappa shape index (κ1) is 20.3. The maximum atomic E-state index is 12.4. The maximum absolute atomic E-state index is 12.4. The van der Waals surface area contributed by atoms with Gasteiger partial charge in [-0.15, -0.1) is 11.8 Å². The lowest BCUT2D eigenvalue weighted by atomic mass is 10.2. The molecule has 0 unspecified atom stereocenters. The summed E-state index contributed by atoms with van der Waals surface area (Å²) in [5.41, 5.74) is 2.87. The molecule has 3 aromatic carbocycles. The molecule has 3 rings (SSSR count). The number of hydrogen-bond acceptors (Lipinski definition) is 3. The topological polar surface area (TPSA) is 38.3 Å². The number of ether oxygens (including phenoxy) is 1. The highest BCUT2D eigenvalue weighted by Crippen LogP contribution is 2.24. The molecule has 0 aliphatic rings. The summed E-state index contributed by atoms with van der Waals surface area (Å²) in [4.78, 5) is 13.6. The molecule has 5 heteroatoms. The summed E-state index contributed by atoms with van der Waals surface area (Å²) < 4.78 is 5.72. The van der Waals surface area contributed by atoms with E-state index in [2.05, 4.69) is 17.4 Å². The Labute approximate surface area is 175 Å². The fraction of sp³-hybridized carbons (Fsp3) is 0.174. The fourth-order valence-electron chi connectivity index (χ4n) is 2.56. The van der Waals surface area contributed by atoms with Gasteiger partial charge >= 0.3 is 0 Å². The first-order valence-electron chi connectivity index (χ1n) is 9.02. The van der Waals surface area contributed by atoms with Gasteiger partial charge in [0.15, 0.2) is 6.10 Å². The number of amides is 1. The van der Waals surface area contributed by atoms with Crippen LogP contribution in [0.3, 0.4) is 0 Å². The highest BCUT2D eigenvalue weighted by atomic mass is 35.5. The first-order valence-corrected chi connectivity index (χ1v) is 10.4. The second-order valence-electron chi connectivity index (χ2n) is 6.46. The van der Waals surface area contributed by atoms with Crippen molar-refractivity contribution in [3.05, 3.63) is 88.9 Å². The van der Waals surface area contributed by atoms with Crippen molar-refractivity contribution < 1.29 is 9.53 Å². The number of anilines is 1. The number of halogens is 1. The number of carbonyl (C=O) groups is 1. The molecule has 1 amide bonds. The van der Waals surface area contributed by atoms with Gasteiger partial charge in [-0.1, -0.05) is 41.9 Å². The Bertz CT molecular complexity index is 929. The lowest BCUT2D eigenvalue weighted by Gasteiger charge is -2.15. The second-order valence-corrected chi connectivity index (χ2v) is 7.91. The Hall–Kier alpha value is -2.43. The second kappa shape index (κ2) is 9.67. The lowest BCUT2D eigenvalue weighted by Crippen LogP contribution is -2.30. The Kier molecular flexibility index (Phi) is 7.01. The number of benzene rings is 3. The minimum atomic E-state index is -0.617. The van der Waals surface area contributed by atoms with Gasteiger partial charge in [-0.05, 0) is 67.4 Å². The summed E-state index contributed by atoms with van der Waals surface area (Å²) in [6.07, 6.45) is -0.617. The van der Waals surface area contributed by atoms with Crippen molar-refractivity contribution in [2.45, 2.75) is 30.6 Å². The molecule has 1 N–H and O–H groups in total. The molecule has 0 aliphatic heterocycles. The number of hydrogen-bond donors (Lipinski definition) is 1. The van der Waals surface area contributed by atoms with Crippen molar-refractivity contribution in [2.24, 2.45) is 0 Å². The van der Waals surface area contributed by atoms with Crippen molar-refractivity contribution >= 4 is 35.0 Å². The van der Waals surface area contributed by atoms with Crippen molar-refractivity contribution in [3.8, 4) is 5.75 Å². The molecule has 0 saturated carbocycles. The minimum Gasteiger partial charge on any atom is -0.481 e. The van der Waals surface area contributed by atoms with Gasteiger partial charge in [-0.25, -0.2) is 0 Å². The van der Waals surface area contributed by atoms with Crippen LogP contribution in [0.5, 0.6) is 5.75 Å². The summed E-state index contributed by atoms with van der Waals surface area (Å²) in [5, 5.41) is 3.57. The first-order chi connectivity index (χ1) is 13.5. The van der Waals surface area contributed by atoms with E-state index in [1.54, 1.807) is 30.8 Å². The maximum Gasteiger partial charge on any atom is 0.265 e. The average molecular weight is 412 g/mol. The summed E-state index contributed by atoms with van der Waals surface area (Å²) in [5.74, 6) is 1.31. The number of thioether (sulfide) groups is 1. The quantitative estimate of drug-likeness (QED) is 0.460. The van der Waals surface area contributed by atoms with E-state index in [1.807, 2.05) is 55.5 Å². The van der Waals surface area contributed by atoms with Crippen LogP contribution in [0.15, 0.2) is 77.7 Å². The van der Waals surface area contributed by atoms with E-state index in [4.69, 9.17) is 16.3 Å². The molecule has 3 aromatic rings. The normalized spacial score (nSPS) is 11.7. The standard InChI is InChI=1S/C23H22ClNO2S/c1-16-14-20(12-13-22(16)24)27-17(2)23(26)25-19-10-8-18(9-11-19)15-28-21-6-4-3-5-7-21/h3-14,17H,15H2,1-2H3,(H,25,26)/t17-/m0/s1. The SMILES string of the molecule is Cc1cc(O[C@@H](C)C(=O)Nc2ccc(CSc3ccccc3)cc2)ccc1Cl. The Balaban J connectivity index is 1.52. The van der Waals surface area contributed by atoms with Gasteiger partial charge in [-0.2, -0.15) is 0 Å². The van der Waals surface area contributed by atoms with Crippen LogP contribution in [0, 0.1) is 6.92 Å². The third kappa shape index (κ3) is 5.78. The molecule has 0 spiro atoms. The Morgan fingerprint density at radius 1 is 1.07 bits per heavy atom. The van der Waals surface area contributed by atoms with Crippen molar-refractivity contribution in [1.82, 2.24) is 0 Å². The smallest absolute Gasteiger partial charge is 0.265 e. The highest BCUT2D eigenvalue weighted by molar-refractivity contribution is 7.98. The van der Waals surface area contributed by atoms with Gasteiger partial charge < -0.3 is 10.1 Å². The van der Waals surface area contributed by atoms with E-state index in [-0.39, 0.29) is 5.91 Å². The molecule has 0 radical (unpaired) electrons. The van der Waals surface area contributed by atoms with Crippen LogP contribution in [0.1, 0.15) is 18.1 Å². The van der Waals surface area contributed by atoms with Crippen molar-refractivity contribution in [3.63, 3.8) is 0 Å². The largest absolute Gasteiger partial charge is 0.481 e. The fourth-order valence-corrected chi connectivity index (χ4v) is 3.55. The van der Waals surface area contributed by atoms with Crippen LogP contribution < -0.4 is 10.1 Å². The molecule has 0 aliphatic carbocycles. The molecule has 3 nitrogen and oxygen atoms in total. The van der Waals surface area contributed by atoms with Gasteiger partial charge in [0, 0.05) is 21.4 Å². The molecule has 28 heavy (non-hydrogen) atoms. The zero-order chi connectivity index (χ0) is 19.9. The molecule has 0 fully saturated rings. The van der Waals surface area contributed by atoms with Gasteiger partial charge in [0.05, 0.1) is 0 Å². The average Bonchev–Trinajstić information content (AvgIpc) is 2.71. The van der Waals surface area contributed by atoms with E-state index in [9.17, 15) is 4.79 Å². The van der Waals surface area contributed by atoms with Gasteiger partial charge in [0.2, 0.25) is 0 Å². The number of carbonyl (C=O) groups excluding carboxylic acids is 1. The third-order valence-corrected chi connectivity index (χ3v) is 5.69. The van der Waals surface area contributed by atoms with Crippen LogP contribution in [0.2, 0.25) is 5.02 Å². The molecule has 1 atom stereocenters. The van der Waals surface area contributed by atoms with E-state index >= 15 is 0 Å². The molecular weight excluding hydrogens is 390 g/mol. The van der Waals surface area contributed by atoms with Crippen LogP contribution in [-0.4, -0.2) is 12.0 Å². The van der Waals surface area contributed by atoms with E-state index in [1.165, 1.54) is 10.5 Å². The molecule has 0 bridgehead atoms. The summed E-state index contributed by atoms with van der Waals surface area (Å²) in [6.45, 7) is 3.63. The molecule has 144 valence electrons. The third-order valence-electron chi connectivity index (χ3n) is 4.18. The van der Waals surface area contributed by atoms with Crippen LogP contribution in [0.4, 0.5) is 5.69 Å². The predicted molar refractivity (Wildman–Crippen MR) is 117 cm³/mol. The van der Waals surface area contributed by atoms with Crippen molar-refractivity contribution in [1.29, 1.82) is 0 Å². The molecule has 0 heterocycles. The predicted octanol–water partition coefficient (Wildman–Crippen LogP) is 6.35. The summed E-state index contributed by atoms with van der Waals surface area (Å²) >= 11 is 7.81. The van der Waals surface area contributed by atoms with Crippen LogP contribution in [0.25, 0.3) is 0 Å². The minimum absolute atomic E-state index is 0.195. The summed E-state index contributed by atoms with van der Waals surface area (Å²) in [6, 6.07) is 23.5. The highest BCUT2D eigenvalue weighted by Gasteiger charge is 2.15. The van der Waals surface area contributed by atoms with Crippen LogP contribution in [-0.2, 0) is 10.5 Å². The zero-order valence-electron chi connectivity index (χ0n) is 15.8. The van der Waals surface area contributed by atoms with Gasteiger partial charge in [0.1, 0.15) is 5.75 Å². The van der Waals surface area contributed by atoms with E-state index < -0.39 is 6.10 Å². The monoisotopic (exact) mass is 411 g/mol. The lowest BCUT2D eigenvalue weighted by molar-refractivity contribution is -0.122. The zero-order valence-corrected chi connectivity index (χ0v) is 17.4. The molecular formula is C23H22ClNO2S. The van der Waals surface area contributed by atoms with Crippen LogP contribution >= 0.6 is 23.4 Å².